The largest absolute Gasteiger partial charge is 0.394 e. The second kappa shape index (κ2) is 5.12. The zero-order chi connectivity index (χ0) is 10.6. The van der Waals surface area contributed by atoms with Crippen LogP contribution in [0.5, 0.6) is 0 Å². The van der Waals surface area contributed by atoms with Crippen molar-refractivity contribution in [3.8, 4) is 0 Å². The lowest BCUT2D eigenvalue weighted by molar-refractivity contribution is 0.185. The smallest absolute Gasteiger partial charge is 0.0979 e. The van der Waals surface area contributed by atoms with Crippen molar-refractivity contribution in [2.45, 2.75) is 31.7 Å². The maximum atomic E-state index is 9.33. The van der Waals surface area contributed by atoms with Crippen molar-refractivity contribution >= 4 is 22.9 Å². The van der Waals surface area contributed by atoms with Gasteiger partial charge in [0.2, 0.25) is 0 Å². The highest BCUT2D eigenvalue weighted by Crippen LogP contribution is 2.33. The summed E-state index contributed by atoms with van der Waals surface area (Å²) in [6.45, 7) is 2.05. The summed E-state index contributed by atoms with van der Waals surface area (Å²) in [7, 11) is 0. The molecule has 14 heavy (non-hydrogen) atoms. The predicted octanol–water partition coefficient (Wildman–Crippen LogP) is 2.74. The minimum absolute atomic E-state index is 0.0521. The quantitative estimate of drug-likeness (QED) is 0.822. The Hall–Kier alpha value is -0.0900. The molecule has 0 aliphatic carbocycles. The Morgan fingerprint density at radius 3 is 2.79 bits per heavy atom. The lowest BCUT2D eigenvalue weighted by Gasteiger charge is -2.26. The fraction of sp³-hybridized carbons (Fsp3) is 0.600. The second-order valence-corrected chi connectivity index (χ2v) is 5.04. The number of unbranched alkanes of at least 4 members (excludes halogenated alkanes) is 1. The summed E-state index contributed by atoms with van der Waals surface area (Å²) in [6, 6.07) is 1.90. The summed E-state index contributed by atoms with van der Waals surface area (Å²) >= 11 is 7.46. The predicted molar refractivity (Wildman–Crippen MR) is 61.8 cm³/mol. The van der Waals surface area contributed by atoms with Gasteiger partial charge in [0.05, 0.1) is 16.5 Å². The number of aliphatic hydroxyl groups is 1. The van der Waals surface area contributed by atoms with Gasteiger partial charge >= 0.3 is 0 Å². The molecule has 4 heteroatoms. The van der Waals surface area contributed by atoms with E-state index >= 15 is 0 Å². The highest BCUT2D eigenvalue weighted by Gasteiger charge is 2.28. The Bertz CT molecular complexity index is 289. The monoisotopic (exact) mass is 233 g/mol. The first-order valence-corrected chi connectivity index (χ1v) is 6.03. The molecule has 1 atom stereocenters. The Kier molecular flexibility index (Phi) is 4.38. The number of aliphatic hydroxyl groups excluding tert-OH is 1. The molecule has 80 valence electrons. The molecule has 0 amide bonds. The first-order chi connectivity index (χ1) is 6.64. The molecule has 0 fully saturated rings. The van der Waals surface area contributed by atoms with Gasteiger partial charge in [-0.15, -0.1) is 11.3 Å². The SMILES string of the molecule is CCCCC(N)(CO)c1ccsc1Cl. The molecule has 0 saturated carbocycles. The van der Waals surface area contributed by atoms with E-state index in [9.17, 15) is 5.11 Å². The molecule has 3 N–H and O–H groups in total. The van der Waals surface area contributed by atoms with Gasteiger partial charge in [-0.1, -0.05) is 31.4 Å². The van der Waals surface area contributed by atoms with Crippen molar-refractivity contribution < 1.29 is 5.11 Å². The van der Waals surface area contributed by atoms with E-state index in [1.807, 2.05) is 11.4 Å². The molecule has 0 spiro atoms. The maximum absolute atomic E-state index is 9.33. The van der Waals surface area contributed by atoms with Crippen molar-refractivity contribution in [1.82, 2.24) is 0 Å². The molecule has 0 radical (unpaired) electrons. The van der Waals surface area contributed by atoms with Gasteiger partial charge in [0.25, 0.3) is 0 Å². The van der Waals surface area contributed by atoms with Crippen molar-refractivity contribution in [2.75, 3.05) is 6.61 Å². The van der Waals surface area contributed by atoms with E-state index in [0.717, 1.165) is 24.8 Å². The van der Waals surface area contributed by atoms with E-state index in [-0.39, 0.29) is 6.61 Å². The summed E-state index contributed by atoms with van der Waals surface area (Å²) in [5, 5.41) is 11.2. The highest BCUT2D eigenvalue weighted by molar-refractivity contribution is 7.14. The standard InChI is InChI=1S/C10H16ClNOS/c1-2-3-5-10(12,7-13)8-4-6-14-9(8)11/h4,6,13H,2-3,5,7,12H2,1H3. The van der Waals surface area contributed by atoms with E-state index in [1.165, 1.54) is 11.3 Å². The fourth-order valence-corrected chi connectivity index (χ4v) is 2.57. The first kappa shape index (κ1) is 12.0. The number of rotatable bonds is 5. The van der Waals surface area contributed by atoms with Crippen LogP contribution in [0.2, 0.25) is 4.34 Å². The molecule has 2 nitrogen and oxygen atoms in total. The number of hydrogen-bond donors (Lipinski definition) is 2. The van der Waals surface area contributed by atoms with Crippen LogP contribution in [0.15, 0.2) is 11.4 Å². The number of nitrogens with two attached hydrogens (primary N) is 1. The Labute approximate surface area is 93.7 Å². The van der Waals surface area contributed by atoms with Crippen LogP contribution in [0, 0.1) is 0 Å². The maximum Gasteiger partial charge on any atom is 0.0979 e. The second-order valence-electron chi connectivity index (χ2n) is 3.53. The van der Waals surface area contributed by atoms with Crippen LogP contribution in [0.1, 0.15) is 31.7 Å². The molecule has 0 saturated heterocycles. The van der Waals surface area contributed by atoms with E-state index in [0.29, 0.717) is 4.34 Å². The molecule has 0 aliphatic heterocycles. The lowest BCUT2D eigenvalue weighted by atomic mass is 9.89. The molecule has 1 unspecified atom stereocenters. The molecule has 1 heterocycles. The van der Waals surface area contributed by atoms with Crippen molar-refractivity contribution in [2.24, 2.45) is 5.73 Å². The van der Waals surface area contributed by atoms with Crippen molar-refractivity contribution in [3.63, 3.8) is 0 Å². The molecular formula is C10H16ClNOS. The van der Waals surface area contributed by atoms with E-state index in [4.69, 9.17) is 17.3 Å². The molecule has 1 rings (SSSR count). The number of thiophene rings is 1. The Morgan fingerprint density at radius 1 is 1.64 bits per heavy atom. The fourth-order valence-electron chi connectivity index (χ4n) is 1.44. The Balaban J connectivity index is 2.84. The van der Waals surface area contributed by atoms with E-state index in [1.54, 1.807) is 0 Å². The van der Waals surface area contributed by atoms with Gasteiger partial charge in [-0.2, -0.15) is 0 Å². The third-order valence-corrected chi connectivity index (χ3v) is 3.58. The molecule has 1 aromatic heterocycles. The Morgan fingerprint density at radius 2 is 2.36 bits per heavy atom. The molecule has 1 aromatic rings. The summed E-state index contributed by atoms with van der Waals surface area (Å²) in [5.41, 5.74) is 6.34. The van der Waals surface area contributed by atoms with Crippen LogP contribution >= 0.6 is 22.9 Å². The molecule has 0 aromatic carbocycles. The first-order valence-electron chi connectivity index (χ1n) is 4.77. The van der Waals surface area contributed by atoms with Crippen LogP contribution in [0.25, 0.3) is 0 Å². The summed E-state index contributed by atoms with van der Waals surface area (Å²) in [5.74, 6) is 0. The van der Waals surface area contributed by atoms with Crippen LogP contribution in [-0.4, -0.2) is 11.7 Å². The van der Waals surface area contributed by atoms with Crippen molar-refractivity contribution in [3.05, 3.63) is 21.3 Å². The molecule has 0 bridgehead atoms. The summed E-state index contributed by atoms with van der Waals surface area (Å²) in [4.78, 5) is 0. The number of halogens is 1. The van der Waals surface area contributed by atoms with Gasteiger partial charge in [0, 0.05) is 5.56 Å². The van der Waals surface area contributed by atoms with Gasteiger partial charge in [0.15, 0.2) is 0 Å². The minimum Gasteiger partial charge on any atom is -0.394 e. The van der Waals surface area contributed by atoms with Crippen molar-refractivity contribution in [1.29, 1.82) is 0 Å². The zero-order valence-electron chi connectivity index (χ0n) is 8.29. The lowest BCUT2D eigenvalue weighted by Crippen LogP contribution is -2.40. The minimum atomic E-state index is -0.660. The summed E-state index contributed by atoms with van der Waals surface area (Å²) < 4.78 is 0.692. The molecule has 0 aliphatic rings. The summed E-state index contributed by atoms with van der Waals surface area (Å²) in [6.07, 6.45) is 2.85. The average Bonchev–Trinajstić information content (AvgIpc) is 2.61. The average molecular weight is 234 g/mol. The van der Waals surface area contributed by atoms with Gasteiger partial charge in [-0.05, 0) is 17.9 Å². The van der Waals surface area contributed by atoms with Crippen LogP contribution in [0.3, 0.4) is 0 Å². The van der Waals surface area contributed by atoms with E-state index < -0.39 is 5.54 Å². The van der Waals surface area contributed by atoms with Gasteiger partial charge in [-0.3, -0.25) is 0 Å². The van der Waals surface area contributed by atoms with Crippen LogP contribution in [0.4, 0.5) is 0 Å². The van der Waals surface area contributed by atoms with Crippen LogP contribution in [-0.2, 0) is 5.54 Å². The topological polar surface area (TPSA) is 46.2 Å². The third-order valence-electron chi connectivity index (χ3n) is 2.41. The van der Waals surface area contributed by atoms with Crippen LogP contribution < -0.4 is 5.73 Å². The third kappa shape index (κ3) is 2.48. The van der Waals surface area contributed by atoms with Gasteiger partial charge < -0.3 is 10.8 Å². The van der Waals surface area contributed by atoms with E-state index in [2.05, 4.69) is 6.92 Å². The normalized spacial score (nSPS) is 15.4. The molecular weight excluding hydrogens is 218 g/mol. The van der Waals surface area contributed by atoms with Gasteiger partial charge in [-0.25, -0.2) is 0 Å². The zero-order valence-corrected chi connectivity index (χ0v) is 9.87. The number of hydrogen-bond acceptors (Lipinski definition) is 3. The van der Waals surface area contributed by atoms with Gasteiger partial charge in [0.1, 0.15) is 0 Å². The highest BCUT2D eigenvalue weighted by atomic mass is 35.5.